The van der Waals surface area contributed by atoms with Crippen LogP contribution in [0.5, 0.6) is 0 Å². The molecule has 4 nitrogen and oxygen atoms in total. The van der Waals surface area contributed by atoms with Crippen LogP contribution in [0.2, 0.25) is 0 Å². The van der Waals surface area contributed by atoms with E-state index in [2.05, 4.69) is 26.4 Å². The van der Waals surface area contributed by atoms with Crippen LogP contribution in [-0.2, 0) is 0 Å². The summed E-state index contributed by atoms with van der Waals surface area (Å²) >= 11 is 1.53. The third-order valence-electron chi connectivity index (χ3n) is 3.79. The first-order valence-corrected chi connectivity index (χ1v) is 7.48. The van der Waals surface area contributed by atoms with Gasteiger partial charge in [0.05, 0.1) is 10.8 Å². The molecule has 3 rings (SSSR count). The molecule has 98 valence electrons. The van der Waals surface area contributed by atoms with Gasteiger partial charge in [-0.25, -0.2) is 0 Å². The number of fused-ring (bicyclic) bond motifs is 1. The van der Waals surface area contributed by atoms with Gasteiger partial charge in [-0.05, 0) is 48.8 Å². The second-order valence-corrected chi connectivity index (χ2v) is 5.79. The molecule has 0 N–H and O–H groups in total. The van der Waals surface area contributed by atoms with Crippen molar-refractivity contribution in [2.45, 2.75) is 25.7 Å². The number of hydrogen-bond acceptors (Lipinski definition) is 5. The summed E-state index contributed by atoms with van der Waals surface area (Å²) < 4.78 is 5.72. The Morgan fingerprint density at radius 2 is 2.26 bits per heavy atom. The number of piperidine rings is 1. The molecule has 0 aromatic carbocycles. The van der Waals surface area contributed by atoms with Crippen molar-refractivity contribution in [1.82, 2.24) is 9.36 Å². The molecule has 0 atom stereocenters. The Hall–Kier alpha value is -1.67. The lowest BCUT2D eigenvalue weighted by Gasteiger charge is -2.31. The number of anilines is 1. The molecule has 2 aromatic rings. The summed E-state index contributed by atoms with van der Waals surface area (Å²) in [6.45, 7) is 2.07. The third kappa shape index (κ3) is 2.54. The summed E-state index contributed by atoms with van der Waals surface area (Å²) in [7, 11) is 0. The highest BCUT2D eigenvalue weighted by Crippen LogP contribution is 2.31. The van der Waals surface area contributed by atoms with E-state index in [9.17, 15) is 0 Å². The zero-order valence-corrected chi connectivity index (χ0v) is 11.6. The third-order valence-corrected chi connectivity index (χ3v) is 4.58. The van der Waals surface area contributed by atoms with Gasteiger partial charge in [0.25, 0.3) is 0 Å². The summed E-state index contributed by atoms with van der Waals surface area (Å²) in [5.74, 6) is 1.74. The zero-order valence-electron chi connectivity index (χ0n) is 10.7. The van der Waals surface area contributed by atoms with Gasteiger partial charge in [-0.15, -0.1) is 0 Å². The van der Waals surface area contributed by atoms with E-state index in [1.807, 2.05) is 12.3 Å². The summed E-state index contributed by atoms with van der Waals surface area (Å²) in [6.07, 6.45) is 5.88. The minimum Gasteiger partial charge on any atom is -0.354 e. The van der Waals surface area contributed by atoms with Crippen LogP contribution >= 0.6 is 11.5 Å². The number of rotatable bonds is 3. The van der Waals surface area contributed by atoms with Crippen molar-refractivity contribution in [1.29, 1.82) is 5.26 Å². The Bertz CT molecular complexity index is 593. The van der Waals surface area contributed by atoms with Crippen molar-refractivity contribution in [2.75, 3.05) is 18.0 Å². The quantitative estimate of drug-likeness (QED) is 0.861. The van der Waals surface area contributed by atoms with Crippen LogP contribution in [0.4, 0.5) is 5.82 Å². The van der Waals surface area contributed by atoms with Crippen LogP contribution in [0, 0.1) is 17.2 Å². The second-order valence-electron chi connectivity index (χ2n) is 4.98. The molecule has 3 heterocycles. The van der Waals surface area contributed by atoms with E-state index in [1.165, 1.54) is 11.5 Å². The average molecular weight is 272 g/mol. The van der Waals surface area contributed by atoms with E-state index in [0.717, 1.165) is 48.4 Å². The van der Waals surface area contributed by atoms with Gasteiger partial charge in [0.15, 0.2) is 5.82 Å². The number of hydrogen-bond donors (Lipinski definition) is 0. The minimum atomic E-state index is 0.686. The molecule has 0 amide bonds. The summed E-state index contributed by atoms with van der Waals surface area (Å²) in [4.78, 5) is 6.79. The monoisotopic (exact) mass is 272 g/mol. The van der Waals surface area contributed by atoms with E-state index < -0.39 is 0 Å². The molecule has 0 bridgehead atoms. The van der Waals surface area contributed by atoms with E-state index in [1.54, 1.807) is 0 Å². The maximum Gasteiger partial charge on any atom is 0.168 e. The molecule has 0 spiro atoms. The lowest BCUT2D eigenvalue weighted by molar-refractivity contribution is 0.385. The molecule has 1 fully saturated rings. The van der Waals surface area contributed by atoms with Crippen LogP contribution in [0.15, 0.2) is 18.3 Å². The highest BCUT2D eigenvalue weighted by atomic mass is 32.1. The molecular formula is C14H16N4S. The predicted molar refractivity (Wildman–Crippen MR) is 77.2 cm³/mol. The van der Waals surface area contributed by atoms with E-state index in [0.29, 0.717) is 12.3 Å². The fourth-order valence-corrected chi connectivity index (χ4v) is 3.43. The van der Waals surface area contributed by atoms with Gasteiger partial charge in [0, 0.05) is 25.7 Å². The van der Waals surface area contributed by atoms with Crippen molar-refractivity contribution >= 4 is 27.6 Å². The lowest BCUT2D eigenvalue weighted by Crippen LogP contribution is -2.34. The Morgan fingerprint density at radius 3 is 3.05 bits per heavy atom. The van der Waals surface area contributed by atoms with Crippen LogP contribution in [0.1, 0.15) is 25.7 Å². The number of nitrogens with zero attached hydrogens (tertiary/aromatic N) is 4. The highest BCUT2D eigenvalue weighted by Gasteiger charge is 2.22. The Morgan fingerprint density at radius 1 is 1.42 bits per heavy atom. The first kappa shape index (κ1) is 12.4. The molecule has 5 heteroatoms. The predicted octanol–water partition coefficient (Wildman–Crippen LogP) is 3.21. The zero-order chi connectivity index (χ0) is 13.1. The molecule has 2 aromatic heterocycles. The van der Waals surface area contributed by atoms with Crippen LogP contribution < -0.4 is 4.90 Å². The number of aromatic nitrogens is 2. The van der Waals surface area contributed by atoms with Crippen molar-refractivity contribution in [3.8, 4) is 6.07 Å². The van der Waals surface area contributed by atoms with Crippen molar-refractivity contribution in [3.63, 3.8) is 0 Å². The fraction of sp³-hybridized carbons (Fsp3) is 0.500. The van der Waals surface area contributed by atoms with Gasteiger partial charge in [-0.2, -0.15) is 9.64 Å². The molecule has 1 aliphatic rings. The van der Waals surface area contributed by atoms with Crippen LogP contribution in [-0.4, -0.2) is 22.4 Å². The highest BCUT2D eigenvalue weighted by molar-refractivity contribution is 7.13. The first-order valence-electron chi connectivity index (χ1n) is 6.71. The van der Waals surface area contributed by atoms with Gasteiger partial charge in [0.2, 0.25) is 0 Å². The fourth-order valence-electron chi connectivity index (χ4n) is 2.68. The van der Waals surface area contributed by atoms with Crippen LogP contribution in [0.3, 0.4) is 0 Å². The van der Waals surface area contributed by atoms with Crippen molar-refractivity contribution in [3.05, 3.63) is 18.3 Å². The molecule has 0 saturated carbocycles. The van der Waals surface area contributed by atoms with E-state index >= 15 is 0 Å². The van der Waals surface area contributed by atoms with Crippen molar-refractivity contribution in [2.24, 2.45) is 5.92 Å². The molecular weight excluding hydrogens is 256 g/mol. The summed E-state index contributed by atoms with van der Waals surface area (Å²) in [6, 6.07) is 6.27. The van der Waals surface area contributed by atoms with E-state index in [-0.39, 0.29) is 0 Å². The van der Waals surface area contributed by atoms with E-state index in [4.69, 9.17) is 5.26 Å². The van der Waals surface area contributed by atoms with Gasteiger partial charge in [0.1, 0.15) is 5.52 Å². The van der Waals surface area contributed by atoms with Gasteiger partial charge in [-0.3, -0.25) is 4.98 Å². The maximum atomic E-state index is 8.64. The normalized spacial score (nSPS) is 16.7. The molecule has 0 radical (unpaired) electrons. The Kier molecular flexibility index (Phi) is 3.60. The second kappa shape index (κ2) is 5.54. The summed E-state index contributed by atoms with van der Waals surface area (Å²) in [5.41, 5.74) is 1.03. The molecule has 0 unspecified atom stereocenters. The van der Waals surface area contributed by atoms with Gasteiger partial charge >= 0.3 is 0 Å². The van der Waals surface area contributed by atoms with Gasteiger partial charge in [-0.1, -0.05) is 0 Å². The maximum absolute atomic E-state index is 8.64. The van der Waals surface area contributed by atoms with Gasteiger partial charge < -0.3 is 4.90 Å². The van der Waals surface area contributed by atoms with Crippen molar-refractivity contribution < 1.29 is 0 Å². The largest absolute Gasteiger partial charge is 0.354 e. The molecule has 19 heavy (non-hydrogen) atoms. The lowest BCUT2D eigenvalue weighted by atomic mass is 9.92. The Labute approximate surface area is 116 Å². The SMILES string of the molecule is N#CCCC1CCN(c2nsc3cccnc23)CC1. The summed E-state index contributed by atoms with van der Waals surface area (Å²) in [5, 5.41) is 8.64. The standard InChI is InChI=1S/C14H16N4S/c15-7-1-3-11-5-9-18(10-6-11)14-13-12(19-17-14)4-2-8-16-13/h2,4,8,11H,1,3,5-6,9-10H2. The molecule has 1 saturated heterocycles. The average Bonchev–Trinajstić information content (AvgIpc) is 2.90. The Balaban J connectivity index is 1.70. The smallest absolute Gasteiger partial charge is 0.168 e. The molecule has 0 aliphatic carbocycles. The number of pyridine rings is 1. The number of nitriles is 1. The minimum absolute atomic E-state index is 0.686. The topological polar surface area (TPSA) is 52.8 Å². The molecule has 1 aliphatic heterocycles. The first-order chi connectivity index (χ1) is 9.38. The van der Waals surface area contributed by atoms with Crippen LogP contribution in [0.25, 0.3) is 10.2 Å².